The van der Waals surface area contributed by atoms with Crippen LogP contribution in [0.5, 0.6) is 5.75 Å². The Kier molecular flexibility index (Phi) is 6.62. The first kappa shape index (κ1) is 23.1. The molecule has 0 saturated heterocycles. The Balaban J connectivity index is 1.53. The average molecular weight is 433 g/mol. The van der Waals surface area contributed by atoms with Gasteiger partial charge in [-0.25, -0.2) is 9.18 Å². The molecule has 6 nitrogen and oxygen atoms in total. The number of benzene rings is 1. The zero-order valence-electron chi connectivity index (χ0n) is 18.8. The number of alkyl carbamates (subject to hydrolysis) is 1. The number of halogens is 1. The van der Waals surface area contributed by atoms with Gasteiger partial charge in [0.1, 0.15) is 18.0 Å². The Morgan fingerprint density at radius 2 is 1.77 bits per heavy atom. The van der Waals surface area contributed by atoms with Crippen LogP contribution in [0.25, 0.3) is 0 Å². The summed E-state index contributed by atoms with van der Waals surface area (Å²) in [5.41, 5.74) is 0.768. The first-order valence-electron chi connectivity index (χ1n) is 10.8. The normalized spacial score (nSPS) is 25.3. The third-order valence-electron chi connectivity index (χ3n) is 6.45. The number of nitrogens with one attached hydrogen (secondary N) is 2. The van der Waals surface area contributed by atoms with Gasteiger partial charge in [-0.1, -0.05) is 12.1 Å². The summed E-state index contributed by atoms with van der Waals surface area (Å²) in [6.45, 7) is 5.33. The Labute approximate surface area is 183 Å². The van der Waals surface area contributed by atoms with Crippen LogP contribution in [-0.4, -0.2) is 37.8 Å². The van der Waals surface area contributed by atoms with E-state index < -0.39 is 11.7 Å². The molecule has 0 radical (unpaired) electrons. The molecule has 2 fully saturated rings. The summed E-state index contributed by atoms with van der Waals surface area (Å²) in [6.07, 6.45) is 4.64. The van der Waals surface area contributed by atoms with Crippen LogP contribution in [0.2, 0.25) is 0 Å². The highest BCUT2D eigenvalue weighted by Gasteiger charge is 2.58. The molecule has 170 valence electrons. The van der Waals surface area contributed by atoms with Crippen molar-refractivity contribution in [2.24, 2.45) is 5.41 Å². The quantitative estimate of drug-likeness (QED) is 0.670. The summed E-state index contributed by atoms with van der Waals surface area (Å²) in [4.78, 5) is 24.1. The smallest absolute Gasteiger partial charge is 0.407 e. The van der Waals surface area contributed by atoms with E-state index in [0.29, 0.717) is 17.7 Å². The molecule has 2 N–H and O–H groups in total. The fourth-order valence-corrected chi connectivity index (χ4v) is 4.87. The molecular weight excluding hydrogens is 399 g/mol. The summed E-state index contributed by atoms with van der Waals surface area (Å²) in [7, 11) is 1.71. The van der Waals surface area contributed by atoms with Crippen molar-refractivity contribution in [2.75, 3.05) is 20.2 Å². The molecule has 31 heavy (non-hydrogen) atoms. The van der Waals surface area contributed by atoms with Gasteiger partial charge >= 0.3 is 6.09 Å². The lowest BCUT2D eigenvalue weighted by atomic mass is 9.77. The van der Waals surface area contributed by atoms with Gasteiger partial charge in [-0.2, -0.15) is 0 Å². The van der Waals surface area contributed by atoms with Crippen molar-refractivity contribution in [1.82, 2.24) is 10.6 Å². The van der Waals surface area contributed by atoms with Gasteiger partial charge in [-0.05, 0) is 76.0 Å². The van der Waals surface area contributed by atoms with Crippen LogP contribution >= 0.6 is 0 Å². The topological polar surface area (TPSA) is 76.7 Å². The van der Waals surface area contributed by atoms with Crippen LogP contribution in [0.4, 0.5) is 9.18 Å². The lowest BCUT2D eigenvalue weighted by Crippen LogP contribution is -2.35. The number of rotatable bonds is 7. The van der Waals surface area contributed by atoms with E-state index in [1.54, 1.807) is 27.8 Å². The molecule has 0 atom stereocenters. The molecule has 0 unspecified atom stereocenters. The number of carbonyl (C=O) groups excluding carboxylic acids is 2. The lowest BCUT2D eigenvalue weighted by Gasteiger charge is -2.27. The number of ether oxygens (including phenoxy) is 2. The van der Waals surface area contributed by atoms with Crippen molar-refractivity contribution in [2.45, 2.75) is 63.9 Å². The number of amides is 2. The zero-order valence-corrected chi connectivity index (χ0v) is 18.8. The standard InChI is InChI=1S/C24H33FN2O4/c1-22(2,3)31-21(29)27-14-17(13-25)15-30-19-7-5-18(6-8-19)23-9-11-24(16-23,12-10-23)20(28)26-4/h5-8,13H,9-12,14-16H2,1-4H3,(H,26,28)(H,27,29)/b17-13+. The zero-order chi connectivity index (χ0) is 22.7. The molecule has 2 aliphatic rings. The van der Waals surface area contributed by atoms with Crippen LogP contribution < -0.4 is 15.4 Å². The third kappa shape index (κ3) is 5.20. The van der Waals surface area contributed by atoms with E-state index in [0.717, 1.165) is 32.1 Å². The number of fused-ring (bicyclic) bond motifs is 2. The maximum atomic E-state index is 13.2. The summed E-state index contributed by atoms with van der Waals surface area (Å²) < 4.78 is 24.0. The second kappa shape index (κ2) is 8.89. The van der Waals surface area contributed by atoms with Gasteiger partial charge in [0.05, 0.1) is 11.7 Å². The minimum absolute atomic E-state index is 0.00812. The van der Waals surface area contributed by atoms with Crippen LogP contribution in [0, 0.1) is 5.41 Å². The third-order valence-corrected chi connectivity index (χ3v) is 6.45. The van der Waals surface area contributed by atoms with Gasteiger partial charge in [-0.15, -0.1) is 0 Å². The summed E-state index contributed by atoms with van der Waals surface area (Å²) >= 11 is 0. The second-order valence-electron chi connectivity index (χ2n) is 9.75. The maximum absolute atomic E-state index is 13.2. The van der Waals surface area contributed by atoms with E-state index in [9.17, 15) is 14.0 Å². The van der Waals surface area contributed by atoms with E-state index in [1.165, 1.54) is 5.56 Å². The predicted molar refractivity (Wildman–Crippen MR) is 117 cm³/mol. The van der Waals surface area contributed by atoms with Gasteiger partial charge in [0.15, 0.2) is 0 Å². The molecule has 7 heteroatoms. The molecular formula is C24H33FN2O4. The number of hydrogen-bond donors (Lipinski definition) is 2. The first-order valence-corrected chi connectivity index (χ1v) is 10.8. The van der Waals surface area contributed by atoms with E-state index in [2.05, 4.69) is 22.8 Å². The van der Waals surface area contributed by atoms with Gasteiger partial charge in [-0.3, -0.25) is 4.79 Å². The van der Waals surface area contributed by atoms with E-state index in [4.69, 9.17) is 9.47 Å². The summed E-state index contributed by atoms with van der Waals surface area (Å²) in [5, 5.41) is 5.36. The molecule has 0 heterocycles. The van der Waals surface area contributed by atoms with E-state index in [1.807, 2.05) is 12.1 Å². The maximum Gasteiger partial charge on any atom is 0.407 e. The molecule has 2 aliphatic carbocycles. The van der Waals surface area contributed by atoms with Crippen molar-refractivity contribution in [3.05, 3.63) is 41.7 Å². The lowest BCUT2D eigenvalue weighted by molar-refractivity contribution is -0.130. The Hall–Kier alpha value is -2.57. The van der Waals surface area contributed by atoms with Crippen LogP contribution in [0.3, 0.4) is 0 Å². The van der Waals surface area contributed by atoms with Gasteiger partial charge in [0.2, 0.25) is 5.91 Å². The highest BCUT2D eigenvalue weighted by Crippen LogP contribution is 2.62. The van der Waals surface area contributed by atoms with Crippen LogP contribution in [-0.2, 0) is 14.9 Å². The van der Waals surface area contributed by atoms with Crippen molar-refractivity contribution in [3.8, 4) is 5.75 Å². The number of carbonyl (C=O) groups is 2. The Morgan fingerprint density at radius 3 is 2.32 bits per heavy atom. The van der Waals surface area contributed by atoms with Crippen molar-refractivity contribution in [3.63, 3.8) is 0 Å². The minimum Gasteiger partial charge on any atom is -0.489 e. The Morgan fingerprint density at radius 1 is 1.13 bits per heavy atom. The van der Waals surface area contributed by atoms with E-state index in [-0.39, 0.29) is 29.9 Å². The highest BCUT2D eigenvalue weighted by atomic mass is 19.1. The predicted octanol–water partition coefficient (Wildman–Crippen LogP) is 4.39. The SMILES string of the molecule is CNC(=O)C12CCC(c3ccc(OC/C(=C/F)CNC(=O)OC(C)(C)C)cc3)(CC1)C2. The molecule has 1 aromatic rings. The fourth-order valence-electron chi connectivity index (χ4n) is 4.87. The fraction of sp³-hybridized carbons (Fsp3) is 0.583. The van der Waals surface area contributed by atoms with E-state index >= 15 is 0 Å². The van der Waals surface area contributed by atoms with Crippen LogP contribution in [0.15, 0.2) is 36.2 Å². The number of hydrogen-bond acceptors (Lipinski definition) is 4. The molecule has 3 rings (SSSR count). The largest absolute Gasteiger partial charge is 0.489 e. The molecule has 0 spiro atoms. The molecule has 0 aromatic heterocycles. The molecule has 2 amide bonds. The molecule has 0 aliphatic heterocycles. The summed E-state index contributed by atoms with van der Waals surface area (Å²) in [6, 6.07) is 7.88. The van der Waals surface area contributed by atoms with Crippen molar-refractivity contribution >= 4 is 12.0 Å². The minimum atomic E-state index is -0.611. The average Bonchev–Trinajstić information content (AvgIpc) is 3.31. The van der Waals surface area contributed by atoms with Gasteiger partial charge in [0.25, 0.3) is 0 Å². The van der Waals surface area contributed by atoms with Gasteiger partial charge < -0.3 is 20.1 Å². The van der Waals surface area contributed by atoms with Crippen molar-refractivity contribution < 1.29 is 23.5 Å². The van der Waals surface area contributed by atoms with Gasteiger partial charge in [0, 0.05) is 19.2 Å². The van der Waals surface area contributed by atoms with Crippen molar-refractivity contribution in [1.29, 1.82) is 0 Å². The molecule has 1 aromatic carbocycles. The highest BCUT2D eigenvalue weighted by molar-refractivity contribution is 5.83. The molecule has 2 bridgehead atoms. The monoisotopic (exact) mass is 432 g/mol. The summed E-state index contributed by atoms with van der Waals surface area (Å²) in [5.74, 6) is 0.794. The molecule has 2 saturated carbocycles. The Bertz CT molecular complexity index is 834. The van der Waals surface area contributed by atoms with Crippen LogP contribution in [0.1, 0.15) is 58.4 Å². The first-order chi connectivity index (χ1) is 14.6. The second-order valence-corrected chi connectivity index (χ2v) is 9.75.